The van der Waals surface area contributed by atoms with Gasteiger partial charge in [-0.25, -0.2) is 22.5 Å². The summed E-state index contributed by atoms with van der Waals surface area (Å²) < 4.78 is 57.0. The number of sulfonamides is 1. The van der Waals surface area contributed by atoms with E-state index in [1.54, 1.807) is 30.5 Å². The van der Waals surface area contributed by atoms with Gasteiger partial charge in [0.25, 0.3) is 21.6 Å². The summed E-state index contributed by atoms with van der Waals surface area (Å²) in [5.74, 6) is 0.181. The lowest BCUT2D eigenvalue weighted by molar-refractivity contribution is -0.384. The van der Waals surface area contributed by atoms with Crippen LogP contribution in [0, 0.1) is 10.1 Å². The van der Waals surface area contributed by atoms with E-state index in [0.717, 1.165) is 60.9 Å². The second kappa shape index (κ2) is 17.4. The number of allylic oxidation sites excluding steroid dienone is 1. The Balaban J connectivity index is 0.864. The van der Waals surface area contributed by atoms with Gasteiger partial charge in [0.05, 0.1) is 40.8 Å². The average molecular weight is 890 g/mol. The minimum Gasteiger partial charge on any atom is -0.455 e. The van der Waals surface area contributed by atoms with Crippen molar-refractivity contribution in [2.24, 2.45) is 0 Å². The van der Waals surface area contributed by atoms with E-state index in [1.165, 1.54) is 42.7 Å². The molecule has 14 nitrogen and oxygen atoms in total. The highest BCUT2D eigenvalue weighted by Crippen LogP contribution is 2.47. The van der Waals surface area contributed by atoms with Gasteiger partial charge in [-0.05, 0) is 129 Å². The zero-order chi connectivity index (χ0) is 44.0. The minimum absolute atomic E-state index is 0.0242. The molecule has 10 rings (SSSR count). The number of hydrogen-bond donors (Lipinski definition) is 3. The number of piperidine rings is 1. The van der Waals surface area contributed by atoms with Gasteiger partial charge >= 0.3 is 0 Å². The number of ether oxygens (including phenoxy) is 2. The molecule has 1 unspecified atom stereocenters. The number of nitro benzene ring substituents is 1. The maximum atomic E-state index is 15.8. The third-order valence-corrected chi connectivity index (χ3v) is 15.2. The molecule has 16 heteroatoms. The lowest BCUT2D eigenvalue weighted by Crippen LogP contribution is -2.55. The highest BCUT2D eigenvalue weighted by atomic mass is 32.2. The predicted molar refractivity (Wildman–Crippen MR) is 241 cm³/mol. The maximum Gasteiger partial charge on any atom is 0.293 e. The summed E-state index contributed by atoms with van der Waals surface area (Å²) in [7, 11) is -4.63. The van der Waals surface area contributed by atoms with Gasteiger partial charge in [-0.2, -0.15) is 0 Å². The van der Waals surface area contributed by atoms with Gasteiger partial charge in [-0.3, -0.25) is 24.7 Å². The minimum atomic E-state index is -4.63. The van der Waals surface area contributed by atoms with Crippen molar-refractivity contribution in [1.82, 2.24) is 24.5 Å². The van der Waals surface area contributed by atoms with E-state index in [9.17, 15) is 23.3 Å². The Morgan fingerprint density at radius 1 is 0.984 bits per heavy atom. The van der Waals surface area contributed by atoms with Crippen LogP contribution in [0.2, 0.25) is 0 Å². The van der Waals surface area contributed by atoms with Gasteiger partial charge in [-0.15, -0.1) is 0 Å². The third-order valence-electron chi connectivity index (χ3n) is 13.8. The fourth-order valence-electron chi connectivity index (χ4n) is 9.99. The Labute approximate surface area is 371 Å². The topological polar surface area (TPSA) is 172 Å². The van der Waals surface area contributed by atoms with Crippen LogP contribution in [0.4, 0.5) is 15.8 Å². The molecule has 3 saturated heterocycles. The number of H-pyrrole nitrogens is 1. The molecule has 334 valence electrons. The van der Waals surface area contributed by atoms with Crippen LogP contribution in [0.3, 0.4) is 0 Å². The van der Waals surface area contributed by atoms with E-state index >= 15 is 4.39 Å². The number of alkyl halides is 1. The number of halogens is 1. The summed E-state index contributed by atoms with van der Waals surface area (Å²) in [6, 6.07) is 22.1. The molecule has 5 heterocycles. The van der Waals surface area contributed by atoms with Crippen LogP contribution in [0.25, 0.3) is 16.6 Å². The summed E-state index contributed by atoms with van der Waals surface area (Å²) >= 11 is 0. The molecular formula is C48H52FN7O7S. The molecule has 1 amide bonds. The second-order valence-electron chi connectivity index (χ2n) is 18.0. The van der Waals surface area contributed by atoms with Gasteiger partial charge in [0, 0.05) is 49.4 Å². The average Bonchev–Trinajstić information content (AvgIpc) is 3.82. The molecule has 2 aromatic heterocycles. The number of hydrogen-bond acceptors (Lipinski definition) is 11. The molecule has 3 aliphatic heterocycles. The van der Waals surface area contributed by atoms with Gasteiger partial charge in [0.1, 0.15) is 28.5 Å². The quantitative estimate of drug-likeness (QED) is 0.0720. The molecule has 64 heavy (non-hydrogen) atoms. The molecule has 0 radical (unpaired) electrons. The van der Waals surface area contributed by atoms with Crippen molar-refractivity contribution in [2.45, 2.75) is 92.4 Å². The molecule has 2 atom stereocenters. The van der Waals surface area contributed by atoms with E-state index in [4.69, 9.17) is 9.47 Å². The number of carbonyl (C=O) groups excluding carboxylic acids is 1. The summed E-state index contributed by atoms with van der Waals surface area (Å²) in [4.78, 5) is 37.3. The second-order valence-corrected chi connectivity index (χ2v) is 19.6. The van der Waals surface area contributed by atoms with Gasteiger partial charge in [-0.1, -0.05) is 36.4 Å². The van der Waals surface area contributed by atoms with Crippen molar-refractivity contribution in [3.63, 3.8) is 0 Å². The molecule has 5 aromatic rings. The number of nitro groups is 1. The van der Waals surface area contributed by atoms with Crippen molar-refractivity contribution in [2.75, 3.05) is 44.7 Å². The summed E-state index contributed by atoms with van der Waals surface area (Å²) in [6.07, 6.45) is 13.6. The number of benzene rings is 3. The van der Waals surface area contributed by atoms with Gasteiger partial charge in [0.15, 0.2) is 0 Å². The van der Waals surface area contributed by atoms with Crippen molar-refractivity contribution < 1.29 is 32.0 Å². The molecule has 1 saturated carbocycles. The van der Waals surface area contributed by atoms with Crippen LogP contribution in [-0.4, -0.2) is 96.2 Å². The maximum absolute atomic E-state index is 15.8. The Bertz CT molecular complexity index is 2730. The smallest absolute Gasteiger partial charge is 0.293 e. The number of nitrogens with one attached hydrogen (secondary N) is 3. The number of nitrogens with zero attached hydrogens (tertiary/aromatic N) is 4. The summed E-state index contributed by atoms with van der Waals surface area (Å²) in [6.45, 7) is 3.27. The highest BCUT2D eigenvalue weighted by Gasteiger charge is 2.39. The molecule has 4 fully saturated rings. The largest absolute Gasteiger partial charge is 0.455 e. The van der Waals surface area contributed by atoms with Crippen LogP contribution in [-0.2, 0) is 14.8 Å². The Kier molecular flexibility index (Phi) is 11.5. The van der Waals surface area contributed by atoms with E-state index in [0.29, 0.717) is 61.7 Å². The number of amides is 1. The van der Waals surface area contributed by atoms with Crippen LogP contribution in [0.5, 0.6) is 11.5 Å². The van der Waals surface area contributed by atoms with Crippen molar-refractivity contribution in [3.05, 3.63) is 124 Å². The number of fused-ring (bicyclic) bond motifs is 1. The monoisotopic (exact) mass is 889 g/mol. The first-order valence-corrected chi connectivity index (χ1v) is 23.9. The predicted octanol–water partition coefficient (Wildman–Crippen LogP) is 8.65. The standard InChI is InChI=1S/C48H52FN7O7S/c49-48(18-22-54(23-19-48)36-28-62-29-36)30-52-42-16-14-38(26-44(42)56(58)59)64(60,61)53-47(57)41-15-11-33(25-45(41)63-37-24-34-17-20-50-46(34)51-27-37)31-9-12-35(13-10-31)55-21-3-6-43(55)40-5-2-1-4-39(40)32-7-8-32/h1-2,4-5,9,11,14-17,20,24-27,32,35-36,43,52H,3,6-8,10,12-13,18-19,21-23,28-30H2,(H,50,51)(H,53,57)/t35?,43-/m0/s1. The number of likely N-dealkylation sites (tertiary alicyclic amines) is 2. The normalized spacial score (nSPS) is 21.9. The van der Waals surface area contributed by atoms with Crippen LogP contribution < -0.4 is 14.8 Å². The van der Waals surface area contributed by atoms with Crippen LogP contribution in [0.1, 0.15) is 96.8 Å². The van der Waals surface area contributed by atoms with E-state index < -0.39 is 37.1 Å². The molecule has 0 bridgehead atoms. The number of pyridine rings is 1. The third kappa shape index (κ3) is 8.75. The Morgan fingerprint density at radius 2 is 1.80 bits per heavy atom. The summed E-state index contributed by atoms with van der Waals surface area (Å²) in [5, 5.41) is 15.9. The van der Waals surface area contributed by atoms with E-state index in [1.807, 2.05) is 6.07 Å². The Morgan fingerprint density at radius 3 is 2.53 bits per heavy atom. The number of rotatable bonds is 14. The lowest BCUT2D eigenvalue weighted by Gasteiger charge is -2.43. The first-order chi connectivity index (χ1) is 31.0. The molecule has 0 spiro atoms. The lowest BCUT2D eigenvalue weighted by atomic mass is 9.88. The van der Waals surface area contributed by atoms with Crippen molar-refractivity contribution in [3.8, 4) is 11.5 Å². The first kappa shape index (κ1) is 42.3. The fraction of sp³-hybridized carbons (Fsp3) is 0.417. The first-order valence-electron chi connectivity index (χ1n) is 22.4. The Hall–Kier alpha value is -5.68. The van der Waals surface area contributed by atoms with Gasteiger partial charge in [0.2, 0.25) is 0 Å². The van der Waals surface area contributed by atoms with Crippen LogP contribution >= 0.6 is 0 Å². The van der Waals surface area contributed by atoms with E-state index in [-0.39, 0.29) is 36.4 Å². The molecular weight excluding hydrogens is 838 g/mol. The molecule has 5 aliphatic rings. The molecule has 3 aromatic carbocycles. The fourth-order valence-corrected chi connectivity index (χ4v) is 11.0. The zero-order valence-electron chi connectivity index (χ0n) is 35.5. The van der Waals surface area contributed by atoms with Crippen molar-refractivity contribution in [1.29, 1.82) is 0 Å². The van der Waals surface area contributed by atoms with Gasteiger partial charge < -0.3 is 19.8 Å². The number of anilines is 1. The van der Waals surface area contributed by atoms with Crippen molar-refractivity contribution >= 4 is 43.9 Å². The molecule has 3 N–H and O–H groups in total. The molecule has 2 aliphatic carbocycles. The van der Waals surface area contributed by atoms with Crippen LogP contribution in [0.15, 0.2) is 96.2 Å². The SMILES string of the molecule is O=C(NS(=O)(=O)c1ccc(NCC2(F)CCN(C3COC3)CC2)c([N+](=O)[O-])c1)c1ccc(C2=CCC(N3CCC[C@H]3c3ccccc3C3CC3)CC2)cc1Oc1cnc2[nH]ccc2c1. The summed E-state index contributed by atoms with van der Waals surface area (Å²) in [5.41, 5.74) is 3.40. The number of aromatic nitrogens is 2. The highest BCUT2D eigenvalue weighted by molar-refractivity contribution is 7.90. The number of aromatic amines is 1. The number of carbonyl (C=O) groups is 1. The van der Waals surface area contributed by atoms with E-state index in [2.05, 4.69) is 60.1 Å². The zero-order valence-corrected chi connectivity index (χ0v) is 36.3.